The van der Waals surface area contributed by atoms with Gasteiger partial charge < -0.3 is 10.1 Å². The highest BCUT2D eigenvalue weighted by atomic mass is 16.5. The number of Topliss-reactive ketones (excluding diaryl/α,β-unsaturated/α-hetero) is 1. The highest BCUT2D eigenvalue weighted by molar-refractivity contribution is 6.10. The van der Waals surface area contributed by atoms with E-state index in [2.05, 4.69) is 10.3 Å². The molecule has 1 aliphatic rings. The van der Waals surface area contributed by atoms with Crippen LogP contribution in [0.15, 0.2) is 17.1 Å². The summed E-state index contributed by atoms with van der Waals surface area (Å²) in [5.74, 6) is 1.72. The first-order valence-corrected chi connectivity index (χ1v) is 6.07. The van der Waals surface area contributed by atoms with Crippen molar-refractivity contribution in [1.82, 2.24) is 5.32 Å². The Balaban J connectivity index is 2.22. The Morgan fingerprint density at radius 3 is 2.78 bits per heavy atom. The molecule has 1 aromatic carbocycles. The molecule has 0 saturated heterocycles. The molecule has 0 atom stereocenters. The lowest BCUT2D eigenvalue weighted by molar-refractivity contribution is 0.0999. The maximum absolute atomic E-state index is 12.2. The Bertz CT molecular complexity index is 507. The zero-order valence-electron chi connectivity index (χ0n) is 11.0. The molecule has 0 radical (unpaired) electrons. The van der Waals surface area contributed by atoms with Crippen LogP contribution in [0.3, 0.4) is 0 Å². The maximum atomic E-state index is 12.2. The first-order valence-electron chi connectivity index (χ1n) is 6.07. The number of amidine groups is 1. The molecule has 0 unspecified atom stereocenters. The lowest BCUT2D eigenvalue weighted by Gasteiger charge is -2.10. The minimum Gasteiger partial charge on any atom is -0.496 e. The van der Waals surface area contributed by atoms with Crippen molar-refractivity contribution in [3.8, 4) is 5.75 Å². The molecule has 4 nitrogen and oxygen atoms in total. The van der Waals surface area contributed by atoms with Crippen molar-refractivity contribution >= 4 is 11.6 Å². The van der Waals surface area contributed by atoms with Crippen molar-refractivity contribution in [2.45, 2.75) is 20.3 Å². The Morgan fingerprint density at radius 1 is 1.39 bits per heavy atom. The van der Waals surface area contributed by atoms with Crippen LogP contribution in [0, 0.1) is 13.8 Å². The second-order valence-electron chi connectivity index (χ2n) is 4.49. The molecule has 1 aliphatic heterocycles. The number of ether oxygens (including phenoxy) is 1. The van der Waals surface area contributed by atoms with Gasteiger partial charge in [0.25, 0.3) is 0 Å². The Kier molecular flexibility index (Phi) is 3.65. The standard InChI is InChI=1S/C14H18N2O2/c1-9-7-13(18-3)10(2)6-11(9)12(17)8-14-15-4-5-16-14/h6-7H,4-5,8H2,1-3H3,(H,15,16). The largest absolute Gasteiger partial charge is 0.496 e. The molecule has 2 rings (SSSR count). The van der Waals surface area contributed by atoms with Crippen molar-refractivity contribution < 1.29 is 9.53 Å². The van der Waals surface area contributed by atoms with E-state index in [1.807, 2.05) is 26.0 Å². The predicted octanol–water partition coefficient (Wildman–Crippen LogP) is 1.89. The van der Waals surface area contributed by atoms with Gasteiger partial charge in [-0.2, -0.15) is 0 Å². The molecule has 1 N–H and O–H groups in total. The van der Waals surface area contributed by atoms with E-state index in [1.165, 1.54) is 0 Å². The highest BCUT2D eigenvalue weighted by Gasteiger charge is 2.16. The molecular weight excluding hydrogens is 228 g/mol. The number of carbonyl (C=O) groups excluding carboxylic acids is 1. The first-order chi connectivity index (χ1) is 8.61. The van der Waals surface area contributed by atoms with Crippen molar-refractivity contribution in [2.75, 3.05) is 20.2 Å². The van der Waals surface area contributed by atoms with Gasteiger partial charge in [-0.15, -0.1) is 0 Å². The maximum Gasteiger partial charge on any atom is 0.170 e. The summed E-state index contributed by atoms with van der Waals surface area (Å²) in [5.41, 5.74) is 2.68. The topological polar surface area (TPSA) is 50.7 Å². The zero-order valence-corrected chi connectivity index (χ0v) is 11.0. The van der Waals surface area contributed by atoms with Crippen LogP contribution in [-0.4, -0.2) is 31.8 Å². The smallest absolute Gasteiger partial charge is 0.170 e. The number of benzene rings is 1. The van der Waals surface area contributed by atoms with E-state index < -0.39 is 0 Å². The summed E-state index contributed by atoms with van der Waals surface area (Å²) in [6.45, 7) is 5.48. The number of rotatable bonds is 4. The van der Waals surface area contributed by atoms with Crippen LogP contribution in [0.4, 0.5) is 0 Å². The quantitative estimate of drug-likeness (QED) is 0.825. The van der Waals surface area contributed by atoms with Crippen LogP contribution in [-0.2, 0) is 0 Å². The van der Waals surface area contributed by atoms with Gasteiger partial charge >= 0.3 is 0 Å². The van der Waals surface area contributed by atoms with E-state index in [-0.39, 0.29) is 5.78 Å². The van der Waals surface area contributed by atoms with Gasteiger partial charge in [0.15, 0.2) is 5.78 Å². The summed E-state index contributed by atoms with van der Waals surface area (Å²) in [6, 6.07) is 3.80. The average molecular weight is 246 g/mol. The fourth-order valence-electron chi connectivity index (χ4n) is 2.12. The molecule has 4 heteroatoms. The van der Waals surface area contributed by atoms with E-state index in [1.54, 1.807) is 7.11 Å². The number of ketones is 1. The molecule has 1 heterocycles. The van der Waals surface area contributed by atoms with Gasteiger partial charge in [0, 0.05) is 12.1 Å². The van der Waals surface area contributed by atoms with Crippen LogP contribution in [0.2, 0.25) is 0 Å². The molecule has 18 heavy (non-hydrogen) atoms. The van der Waals surface area contributed by atoms with Gasteiger partial charge in [0.1, 0.15) is 11.6 Å². The van der Waals surface area contributed by atoms with Crippen LogP contribution < -0.4 is 10.1 Å². The van der Waals surface area contributed by atoms with Gasteiger partial charge in [-0.25, -0.2) is 0 Å². The third-order valence-electron chi connectivity index (χ3n) is 3.11. The third kappa shape index (κ3) is 2.53. The van der Waals surface area contributed by atoms with Gasteiger partial charge in [-0.05, 0) is 37.1 Å². The Morgan fingerprint density at radius 2 is 2.17 bits per heavy atom. The second kappa shape index (κ2) is 5.21. The molecule has 0 spiro atoms. The summed E-state index contributed by atoms with van der Waals surface area (Å²) in [6.07, 6.45) is 0.354. The molecule has 96 valence electrons. The predicted molar refractivity (Wildman–Crippen MR) is 71.7 cm³/mol. The van der Waals surface area contributed by atoms with E-state index in [4.69, 9.17) is 4.74 Å². The number of aryl methyl sites for hydroxylation is 2. The third-order valence-corrected chi connectivity index (χ3v) is 3.11. The average Bonchev–Trinajstić information content (AvgIpc) is 2.84. The normalized spacial score (nSPS) is 14.1. The van der Waals surface area contributed by atoms with Gasteiger partial charge in [0.2, 0.25) is 0 Å². The van der Waals surface area contributed by atoms with Crippen LogP contribution in [0.5, 0.6) is 5.75 Å². The van der Waals surface area contributed by atoms with E-state index in [0.29, 0.717) is 6.42 Å². The fraction of sp³-hybridized carbons (Fsp3) is 0.429. The second-order valence-corrected chi connectivity index (χ2v) is 4.49. The summed E-state index contributed by atoms with van der Waals surface area (Å²) in [5, 5.41) is 3.12. The molecule has 0 saturated carbocycles. The van der Waals surface area contributed by atoms with Gasteiger partial charge in [-0.1, -0.05) is 0 Å². The summed E-state index contributed by atoms with van der Waals surface area (Å²) >= 11 is 0. The van der Waals surface area contributed by atoms with Gasteiger partial charge in [-0.3, -0.25) is 9.79 Å². The number of methoxy groups -OCH3 is 1. The minimum absolute atomic E-state index is 0.103. The Labute approximate surface area is 107 Å². The minimum atomic E-state index is 0.103. The fourth-order valence-corrected chi connectivity index (χ4v) is 2.12. The molecule has 0 aliphatic carbocycles. The lowest BCUT2D eigenvalue weighted by Crippen LogP contribution is -2.22. The summed E-state index contributed by atoms with van der Waals surface area (Å²) in [4.78, 5) is 16.5. The summed E-state index contributed by atoms with van der Waals surface area (Å²) in [7, 11) is 1.64. The van der Waals surface area contributed by atoms with E-state index in [9.17, 15) is 4.79 Å². The first kappa shape index (κ1) is 12.6. The summed E-state index contributed by atoms with van der Waals surface area (Å²) < 4.78 is 5.25. The van der Waals surface area contributed by atoms with Crippen molar-refractivity contribution in [3.63, 3.8) is 0 Å². The van der Waals surface area contributed by atoms with E-state index in [0.717, 1.165) is 41.4 Å². The number of hydrogen-bond donors (Lipinski definition) is 1. The SMILES string of the molecule is COc1cc(C)c(C(=O)CC2=NCCN2)cc1C. The molecular formula is C14H18N2O2. The van der Waals surface area contributed by atoms with Crippen molar-refractivity contribution in [3.05, 3.63) is 28.8 Å². The van der Waals surface area contributed by atoms with E-state index >= 15 is 0 Å². The monoisotopic (exact) mass is 246 g/mol. The van der Waals surface area contributed by atoms with Crippen LogP contribution in [0.1, 0.15) is 27.9 Å². The Hall–Kier alpha value is -1.84. The number of nitrogens with zero attached hydrogens (tertiary/aromatic N) is 1. The molecule has 0 fully saturated rings. The van der Waals surface area contributed by atoms with Crippen molar-refractivity contribution in [2.24, 2.45) is 4.99 Å². The molecule has 0 bridgehead atoms. The zero-order chi connectivity index (χ0) is 13.1. The number of hydrogen-bond acceptors (Lipinski definition) is 4. The lowest BCUT2D eigenvalue weighted by atomic mass is 9.99. The van der Waals surface area contributed by atoms with Crippen molar-refractivity contribution in [1.29, 1.82) is 0 Å². The highest BCUT2D eigenvalue weighted by Crippen LogP contribution is 2.23. The van der Waals surface area contributed by atoms with Gasteiger partial charge in [0.05, 0.1) is 20.1 Å². The molecule has 0 aromatic heterocycles. The number of aliphatic imine (C=N–C) groups is 1. The number of nitrogens with one attached hydrogen (secondary N) is 1. The molecule has 1 aromatic rings. The van der Waals surface area contributed by atoms with Crippen LogP contribution in [0.25, 0.3) is 0 Å². The van der Waals surface area contributed by atoms with Crippen LogP contribution >= 0.6 is 0 Å². The number of carbonyl (C=O) groups is 1. The molecule has 0 amide bonds.